The van der Waals surface area contributed by atoms with Crippen LogP contribution in [0.2, 0.25) is 5.02 Å². The summed E-state index contributed by atoms with van der Waals surface area (Å²) in [4.78, 5) is 36.2. The van der Waals surface area contributed by atoms with E-state index in [1.54, 1.807) is 45.0 Å². The largest absolute Gasteiger partial charge is 0.484 e. The highest BCUT2D eigenvalue weighted by molar-refractivity contribution is 7.18. The van der Waals surface area contributed by atoms with Crippen molar-refractivity contribution in [2.75, 3.05) is 12.4 Å². The molecule has 3 aromatic rings. The normalized spacial score (nSPS) is 11.9. The quantitative estimate of drug-likeness (QED) is 0.225. The highest BCUT2D eigenvalue weighted by Crippen LogP contribution is 2.40. The summed E-state index contributed by atoms with van der Waals surface area (Å²) in [5.41, 5.74) is 1.33. The standard InChI is InChI=1S/C26H27ClN2O6S/c1-15(17-8-6-7-9-18(17)27)35-21-13-22(36-23(21)24(30)33-5)28-20-12-16(10-11-19(20)29-32)14-34-25(31)26(2,3)4/h6-13,15,28H,14H2,1-5H3/t15-/m1/s1. The Morgan fingerprint density at radius 3 is 2.50 bits per heavy atom. The van der Waals surface area contributed by atoms with Crippen LogP contribution in [0.25, 0.3) is 0 Å². The third kappa shape index (κ3) is 6.61. The Balaban J connectivity index is 1.87. The molecule has 0 radical (unpaired) electrons. The number of carbonyl (C=O) groups excluding carboxylic acids is 2. The van der Waals surface area contributed by atoms with Gasteiger partial charge < -0.3 is 19.5 Å². The van der Waals surface area contributed by atoms with Crippen molar-refractivity contribution in [2.45, 2.75) is 40.4 Å². The predicted octanol–water partition coefficient (Wildman–Crippen LogP) is 7.56. The molecule has 1 aromatic heterocycles. The Kier molecular flexibility index (Phi) is 8.70. The Labute approximate surface area is 218 Å². The molecule has 0 saturated heterocycles. The number of esters is 2. The van der Waals surface area contributed by atoms with Gasteiger partial charge in [0.05, 0.1) is 23.2 Å². The smallest absolute Gasteiger partial charge is 0.351 e. The van der Waals surface area contributed by atoms with E-state index in [1.165, 1.54) is 13.2 Å². The Hall–Kier alpha value is -3.43. The van der Waals surface area contributed by atoms with Gasteiger partial charge in [-0.2, -0.15) is 0 Å². The maximum absolute atomic E-state index is 12.4. The van der Waals surface area contributed by atoms with Crippen molar-refractivity contribution < 1.29 is 23.8 Å². The molecule has 8 nitrogen and oxygen atoms in total. The number of hydrogen-bond donors (Lipinski definition) is 1. The second kappa shape index (κ2) is 11.5. The van der Waals surface area contributed by atoms with Gasteiger partial charge in [-0.15, -0.1) is 16.2 Å². The Morgan fingerprint density at radius 1 is 1.14 bits per heavy atom. The van der Waals surface area contributed by atoms with Gasteiger partial charge in [0, 0.05) is 16.7 Å². The lowest BCUT2D eigenvalue weighted by atomic mass is 9.97. The first-order chi connectivity index (χ1) is 17.0. The fourth-order valence-electron chi connectivity index (χ4n) is 3.17. The Bertz CT molecular complexity index is 1270. The van der Waals surface area contributed by atoms with Crippen LogP contribution in [0.15, 0.2) is 53.7 Å². The number of ether oxygens (including phenoxy) is 3. The van der Waals surface area contributed by atoms with E-state index in [0.29, 0.717) is 27.0 Å². The summed E-state index contributed by atoms with van der Waals surface area (Å²) in [6, 6.07) is 13.8. The summed E-state index contributed by atoms with van der Waals surface area (Å²) < 4.78 is 16.4. The number of nitrogens with zero attached hydrogens (tertiary/aromatic N) is 1. The van der Waals surface area contributed by atoms with Gasteiger partial charge in [-0.3, -0.25) is 4.79 Å². The molecule has 0 amide bonds. The lowest BCUT2D eigenvalue weighted by molar-refractivity contribution is -0.154. The summed E-state index contributed by atoms with van der Waals surface area (Å²) in [7, 11) is 1.28. The maximum Gasteiger partial charge on any atom is 0.351 e. The number of methoxy groups -OCH3 is 1. The van der Waals surface area contributed by atoms with E-state index in [2.05, 4.69) is 10.5 Å². The van der Waals surface area contributed by atoms with Crippen LogP contribution < -0.4 is 10.1 Å². The van der Waals surface area contributed by atoms with Crippen LogP contribution >= 0.6 is 22.9 Å². The van der Waals surface area contributed by atoms with Gasteiger partial charge in [-0.25, -0.2) is 4.79 Å². The summed E-state index contributed by atoms with van der Waals surface area (Å²) in [5.74, 6) is -0.603. The van der Waals surface area contributed by atoms with Crippen molar-refractivity contribution in [3.63, 3.8) is 0 Å². The number of hydrogen-bond acceptors (Lipinski definition) is 9. The second-order valence-corrected chi connectivity index (χ2v) is 10.4. The number of nitrogens with one attached hydrogen (secondary N) is 1. The Morgan fingerprint density at radius 2 is 1.86 bits per heavy atom. The van der Waals surface area contributed by atoms with Crippen molar-refractivity contribution in [1.29, 1.82) is 0 Å². The number of thiophene rings is 1. The average molecular weight is 531 g/mol. The number of benzene rings is 2. The molecule has 10 heteroatoms. The third-order valence-electron chi connectivity index (χ3n) is 5.12. The zero-order chi connectivity index (χ0) is 26.5. The molecule has 1 heterocycles. The van der Waals surface area contributed by atoms with E-state index < -0.39 is 17.5 Å². The van der Waals surface area contributed by atoms with E-state index in [4.69, 9.17) is 25.8 Å². The molecule has 2 aromatic carbocycles. The summed E-state index contributed by atoms with van der Waals surface area (Å²) in [6.07, 6.45) is -0.447. The molecule has 0 fully saturated rings. The molecule has 0 saturated carbocycles. The van der Waals surface area contributed by atoms with Crippen LogP contribution in [0.3, 0.4) is 0 Å². The minimum absolute atomic E-state index is 0.0332. The lowest BCUT2D eigenvalue weighted by Gasteiger charge is -2.17. The van der Waals surface area contributed by atoms with Crippen molar-refractivity contribution in [1.82, 2.24) is 0 Å². The molecule has 0 aliphatic carbocycles. The fraction of sp³-hybridized carbons (Fsp3) is 0.308. The summed E-state index contributed by atoms with van der Waals surface area (Å²) >= 11 is 7.40. The van der Waals surface area contributed by atoms with Crippen LogP contribution in [0.4, 0.5) is 16.4 Å². The van der Waals surface area contributed by atoms with Gasteiger partial charge in [-0.05, 0) is 56.6 Å². The van der Waals surface area contributed by atoms with Crippen LogP contribution in [0.5, 0.6) is 5.75 Å². The first-order valence-corrected chi connectivity index (χ1v) is 12.3. The molecule has 0 aliphatic rings. The molecular formula is C26H27ClN2O6S. The number of anilines is 2. The van der Waals surface area contributed by atoms with Gasteiger partial charge in [0.1, 0.15) is 24.1 Å². The molecular weight excluding hydrogens is 504 g/mol. The zero-order valence-corrected chi connectivity index (χ0v) is 22.2. The first-order valence-electron chi connectivity index (χ1n) is 11.1. The molecule has 36 heavy (non-hydrogen) atoms. The van der Waals surface area contributed by atoms with Gasteiger partial charge in [0.2, 0.25) is 0 Å². The molecule has 1 atom stereocenters. The van der Waals surface area contributed by atoms with Crippen molar-refractivity contribution in [2.24, 2.45) is 10.6 Å². The van der Waals surface area contributed by atoms with Gasteiger partial charge in [0.15, 0.2) is 4.88 Å². The van der Waals surface area contributed by atoms with Crippen molar-refractivity contribution in [3.8, 4) is 5.75 Å². The number of nitroso groups, excluding NO2 is 1. The molecule has 0 aliphatic heterocycles. The molecule has 1 N–H and O–H groups in total. The predicted molar refractivity (Wildman–Crippen MR) is 141 cm³/mol. The van der Waals surface area contributed by atoms with E-state index in [9.17, 15) is 14.5 Å². The van der Waals surface area contributed by atoms with E-state index in [0.717, 1.165) is 16.9 Å². The molecule has 3 rings (SSSR count). The third-order valence-corrected chi connectivity index (χ3v) is 6.47. The molecule has 0 bridgehead atoms. The fourth-order valence-corrected chi connectivity index (χ4v) is 4.38. The minimum Gasteiger partial charge on any atom is -0.484 e. The van der Waals surface area contributed by atoms with Gasteiger partial charge in [-0.1, -0.05) is 35.9 Å². The second-order valence-electron chi connectivity index (χ2n) is 8.97. The molecule has 190 valence electrons. The highest BCUT2D eigenvalue weighted by Gasteiger charge is 2.24. The number of halogens is 1. The zero-order valence-electron chi connectivity index (χ0n) is 20.6. The average Bonchev–Trinajstić information content (AvgIpc) is 3.23. The summed E-state index contributed by atoms with van der Waals surface area (Å²) in [6.45, 7) is 7.16. The molecule has 0 unspecified atom stereocenters. The van der Waals surface area contributed by atoms with E-state index in [1.807, 2.05) is 25.1 Å². The topological polar surface area (TPSA) is 103 Å². The maximum atomic E-state index is 12.4. The first kappa shape index (κ1) is 27.2. The SMILES string of the molecule is COC(=O)c1sc(Nc2cc(COC(=O)C(C)(C)C)ccc2N=O)cc1O[C@H](C)c1ccccc1Cl. The minimum atomic E-state index is -0.635. The number of rotatable bonds is 9. The van der Waals surface area contributed by atoms with Crippen molar-refractivity contribution >= 4 is 51.3 Å². The van der Waals surface area contributed by atoms with E-state index in [-0.39, 0.29) is 23.1 Å². The monoisotopic (exact) mass is 530 g/mol. The van der Waals surface area contributed by atoms with E-state index >= 15 is 0 Å². The molecule has 0 spiro atoms. The lowest BCUT2D eigenvalue weighted by Crippen LogP contribution is -2.22. The van der Waals surface area contributed by atoms with Crippen LogP contribution in [-0.4, -0.2) is 19.0 Å². The summed E-state index contributed by atoms with van der Waals surface area (Å²) in [5, 5.41) is 7.25. The van der Waals surface area contributed by atoms with Crippen LogP contribution in [0, 0.1) is 10.3 Å². The number of carbonyl (C=O) groups is 2. The highest BCUT2D eigenvalue weighted by atomic mass is 35.5. The van der Waals surface area contributed by atoms with Crippen LogP contribution in [-0.2, 0) is 20.9 Å². The van der Waals surface area contributed by atoms with Gasteiger partial charge in [0.25, 0.3) is 0 Å². The van der Waals surface area contributed by atoms with Gasteiger partial charge >= 0.3 is 11.9 Å². The van der Waals surface area contributed by atoms with Crippen LogP contribution in [0.1, 0.15) is 54.6 Å². The van der Waals surface area contributed by atoms with Crippen molar-refractivity contribution in [3.05, 3.63) is 74.5 Å².